The zero-order chi connectivity index (χ0) is 19.6. The van der Waals surface area contributed by atoms with Crippen LogP contribution in [0.1, 0.15) is 51.4 Å². The minimum Gasteiger partial charge on any atom is -0.467 e. The van der Waals surface area contributed by atoms with Crippen molar-refractivity contribution in [1.82, 2.24) is 9.88 Å². The molecule has 1 amide bonds. The van der Waals surface area contributed by atoms with Crippen molar-refractivity contribution >= 4 is 27.5 Å². The Bertz CT molecular complexity index is 914. The van der Waals surface area contributed by atoms with Gasteiger partial charge in [-0.2, -0.15) is 0 Å². The lowest BCUT2D eigenvalue weighted by Crippen LogP contribution is -2.56. The first kappa shape index (κ1) is 18.1. The molecular formula is C23H27FN2O2S. The van der Waals surface area contributed by atoms with Crippen LogP contribution >= 0.6 is 11.3 Å². The number of rotatable bonds is 3. The number of amides is 1. The smallest absolute Gasteiger partial charge is 0.274 e. The number of thiazole rings is 1. The van der Waals surface area contributed by atoms with E-state index in [4.69, 9.17) is 4.74 Å². The molecule has 1 aliphatic heterocycles. The number of aromatic nitrogens is 1. The summed E-state index contributed by atoms with van der Waals surface area (Å²) >= 11 is 1.40. The maximum atomic E-state index is 13.5. The van der Waals surface area contributed by atoms with E-state index in [-0.39, 0.29) is 17.3 Å². The average Bonchev–Trinajstić information content (AvgIpc) is 3.08. The number of carbonyl (C=O) groups is 1. The summed E-state index contributed by atoms with van der Waals surface area (Å²) in [6, 6.07) is 4.63. The number of carbonyl (C=O) groups excluding carboxylic acids is 1. The molecule has 4 saturated carbocycles. The molecule has 2 heterocycles. The molecule has 4 nitrogen and oxygen atoms in total. The van der Waals surface area contributed by atoms with Crippen LogP contribution < -0.4 is 4.74 Å². The zero-order valence-corrected chi connectivity index (χ0v) is 17.4. The van der Waals surface area contributed by atoms with Gasteiger partial charge in [-0.1, -0.05) is 11.3 Å². The first-order valence-electron chi connectivity index (χ1n) is 11.1. The van der Waals surface area contributed by atoms with E-state index in [1.807, 2.05) is 0 Å². The Balaban J connectivity index is 1.10. The van der Waals surface area contributed by atoms with E-state index in [9.17, 15) is 9.18 Å². The van der Waals surface area contributed by atoms with E-state index in [0.717, 1.165) is 73.2 Å². The van der Waals surface area contributed by atoms with Crippen LogP contribution in [0, 0.1) is 29.0 Å². The van der Waals surface area contributed by atoms with Crippen LogP contribution in [0.25, 0.3) is 10.2 Å². The van der Waals surface area contributed by atoms with Crippen LogP contribution in [-0.2, 0) is 4.79 Å². The Morgan fingerprint density at radius 1 is 1.10 bits per heavy atom. The molecule has 6 heteroatoms. The zero-order valence-electron chi connectivity index (χ0n) is 16.6. The third-order valence-electron chi connectivity index (χ3n) is 7.82. The SMILES string of the molecule is O=C(N1CCC(Oc2nc3ccc(F)cc3s2)CC1)C12CC3CC(CC(C3)C1)C2. The molecule has 0 radical (unpaired) electrons. The van der Waals surface area contributed by atoms with Crippen molar-refractivity contribution in [2.45, 2.75) is 57.5 Å². The van der Waals surface area contributed by atoms with Crippen molar-refractivity contribution in [3.8, 4) is 5.19 Å². The highest BCUT2D eigenvalue weighted by Crippen LogP contribution is 2.60. The van der Waals surface area contributed by atoms with Gasteiger partial charge >= 0.3 is 0 Å². The molecule has 4 aliphatic carbocycles. The fraction of sp³-hybridized carbons (Fsp3) is 0.652. The molecule has 0 atom stereocenters. The predicted molar refractivity (Wildman–Crippen MR) is 110 cm³/mol. The third-order valence-corrected chi connectivity index (χ3v) is 8.73. The largest absolute Gasteiger partial charge is 0.467 e. The number of likely N-dealkylation sites (tertiary alicyclic amines) is 1. The lowest BCUT2D eigenvalue weighted by atomic mass is 9.49. The van der Waals surface area contributed by atoms with Gasteiger partial charge in [0.05, 0.1) is 15.6 Å². The van der Waals surface area contributed by atoms with E-state index < -0.39 is 0 Å². The Morgan fingerprint density at radius 2 is 1.76 bits per heavy atom. The predicted octanol–water partition coefficient (Wildman–Crippen LogP) is 5.02. The average molecular weight is 415 g/mol. The van der Waals surface area contributed by atoms with Crippen LogP contribution in [0.15, 0.2) is 18.2 Å². The highest BCUT2D eigenvalue weighted by molar-refractivity contribution is 7.20. The van der Waals surface area contributed by atoms with Gasteiger partial charge in [-0.3, -0.25) is 4.79 Å². The molecule has 1 aromatic heterocycles. The summed E-state index contributed by atoms with van der Waals surface area (Å²) in [7, 11) is 0. The second-order valence-corrected chi connectivity index (χ2v) is 10.9. The Hall–Kier alpha value is -1.69. The summed E-state index contributed by atoms with van der Waals surface area (Å²) in [5.74, 6) is 2.59. The summed E-state index contributed by atoms with van der Waals surface area (Å²) < 4.78 is 20.3. The lowest BCUT2D eigenvalue weighted by Gasteiger charge is -2.57. The highest BCUT2D eigenvalue weighted by atomic mass is 32.1. The Labute approximate surface area is 174 Å². The molecular weight excluding hydrogens is 387 g/mol. The van der Waals surface area contributed by atoms with Gasteiger partial charge in [0, 0.05) is 25.9 Å². The van der Waals surface area contributed by atoms with E-state index in [2.05, 4.69) is 9.88 Å². The minimum atomic E-state index is -0.246. The molecule has 29 heavy (non-hydrogen) atoms. The monoisotopic (exact) mass is 414 g/mol. The van der Waals surface area contributed by atoms with Crippen molar-refractivity contribution < 1.29 is 13.9 Å². The van der Waals surface area contributed by atoms with Gasteiger partial charge in [0.15, 0.2) is 0 Å². The van der Waals surface area contributed by atoms with Crippen LogP contribution in [0.3, 0.4) is 0 Å². The summed E-state index contributed by atoms with van der Waals surface area (Å²) in [5.41, 5.74) is 0.736. The second kappa shape index (κ2) is 6.66. The molecule has 0 spiro atoms. The minimum absolute atomic E-state index is 0.0421. The summed E-state index contributed by atoms with van der Waals surface area (Å²) in [5, 5.41) is 0.608. The fourth-order valence-electron chi connectivity index (χ4n) is 6.96. The third kappa shape index (κ3) is 3.15. The molecule has 5 aliphatic rings. The van der Waals surface area contributed by atoms with E-state index in [1.54, 1.807) is 6.07 Å². The number of halogens is 1. The van der Waals surface area contributed by atoms with Crippen molar-refractivity contribution in [3.05, 3.63) is 24.0 Å². The topological polar surface area (TPSA) is 42.4 Å². The number of fused-ring (bicyclic) bond motifs is 1. The Morgan fingerprint density at radius 3 is 2.41 bits per heavy atom. The van der Waals surface area contributed by atoms with E-state index >= 15 is 0 Å². The quantitative estimate of drug-likeness (QED) is 0.708. The molecule has 1 aromatic carbocycles. The number of ether oxygens (including phenoxy) is 1. The first-order valence-corrected chi connectivity index (χ1v) is 11.9. The van der Waals surface area contributed by atoms with Crippen molar-refractivity contribution in [3.63, 3.8) is 0 Å². The number of benzene rings is 1. The first-order chi connectivity index (χ1) is 14.1. The standard InChI is InChI=1S/C23H27FN2O2S/c24-17-1-2-19-20(10-17)29-22(25-19)28-18-3-5-26(6-4-18)21(27)23-11-14-7-15(12-23)9-16(8-14)13-23/h1-2,10,14-16,18H,3-9,11-13H2. The van der Waals surface area contributed by atoms with Crippen LogP contribution in [0.5, 0.6) is 5.19 Å². The summed E-state index contributed by atoms with van der Waals surface area (Å²) in [6.45, 7) is 1.57. The molecule has 154 valence electrons. The van der Waals surface area contributed by atoms with Gasteiger partial charge in [0.2, 0.25) is 5.91 Å². The van der Waals surface area contributed by atoms with Crippen LogP contribution in [0.4, 0.5) is 4.39 Å². The van der Waals surface area contributed by atoms with Crippen molar-refractivity contribution in [2.24, 2.45) is 23.2 Å². The maximum absolute atomic E-state index is 13.5. The molecule has 1 saturated heterocycles. The molecule has 0 unspecified atom stereocenters. The number of nitrogens with zero attached hydrogens (tertiary/aromatic N) is 2. The number of hydrogen-bond donors (Lipinski definition) is 0. The Kier molecular flexibility index (Phi) is 4.16. The van der Waals surface area contributed by atoms with Gasteiger partial charge in [0.25, 0.3) is 5.19 Å². The fourth-order valence-corrected chi connectivity index (χ4v) is 7.86. The second-order valence-electron chi connectivity index (χ2n) is 9.90. The maximum Gasteiger partial charge on any atom is 0.274 e. The van der Waals surface area contributed by atoms with E-state index in [1.165, 1.54) is 42.7 Å². The van der Waals surface area contributed by atoms with Gasteiger partial charge < -0.3 is 9.64 Å². The lowest BCUT2D eigenvalue weighted by molar-refractivity contribution is -0.159. The normalized spacial score (nSPS) is 34.1. The summed E-state index contributed by atoms with van der Waals surface area (Å²) in [4.78, 5) is 20.1. The van der Waals surface area contributed by atoms with Crippen LogP contribution in [0.2, 0.25) is 0 Å². The van der Waals surface area contributed by atoms with Crippen LogP contribution in [-0.4, -0.2) is 35.0 Å². The molecule has 4 bridgehead atoms. The van der Waals surface area contributed by atoms with Gasteiger partial charge in [-0.25, -0.2) is 9.37 Å². The van der Waals surface area contributed by atoms with Gasteiger partial charge in [-0.05, 0) is 74.5 Å². The number of hydrogen-bond acceptors (Lipinski definition) is 4. The van der Waals surface area contributed by atoms with Crippen molar-refractivity contribution in [2.75, 3.05) is 13.1 Å². The molecule has 5 fully saturated rings. The highest BCUT2D eigenvalue weighted by Gasteiger charge is 2.55. The number of piperidine rings is 1. The van der Waals surface area contributed by atoms with Crippen molar-refractivity contribution in [1.29, 1.82) is 0 Å². The summed E-state index contributed by atoms with van der Waals surface area (Å²) in [6.07, 6.45) is 9.30. The van der Waals surface area contributed by atoms with Gasteiger partial charge in [-0.15, -0.1) is 0 Å². The van der Waals surface area contributed by atoms with Gasteiger partial charge in [0.1, 0.15) is 11.9 Å². The molecule has 7 rings (SSSR count). The molecule has 0 N–H and O–H groups in total. The molecule has 2 aromatic rings. The van der Waals surface area contributed by atoms with E-state index in [0.29, 0.717) is 11.1 Å².